The van der Waals surface area contributed by atoms with Gasteiger partial charge in [-0.05, 0) is 61.1 Å². The number of pyridine rings is 1. The van der Waals surface area contributed by atoms with Crippen LogP contribution in [0.1, 0.15) is 62.4 Å². The molecule has 8 nitrogen and oxygen atoms in total. The van der Waals surface area contributed by atoms with Gasteiger partial charge in [0.25, 0.3) is 5.56 Å². The number of alkyl halides is 1. The minimum atomic E-state index is -0.485. The van der Waals surface area contributed by atoms with E-state index in [1.165, 1.54) is 11.1 Å². The van der Waals surface area contributed by atoms with Gasteiger partial charge < -0.3 is 10.6 Å². The highest BCUT2D eigenvalue weighted by Crippen LogP contribution is 2.48. The maximum absolute atomic E-state index is 13.8. The SMILES string of the molecule is CC1(C)CNCc2cc(Nc3ncc4c(=O)n(C5CC5)n(-c5ccnc(C6(CF)CC6)c5)c4n3)ccc21. The maximum atomic E-state index is 13.8. The van der Waals surface area contributed by atoms with Crippen LogP contribution in [0.25, 0.3) is 16.7 Å². The second-order valence-electron chi connectivity index (χ2n) is 11.4. The topological polar surface area (TPSA) is 89.7 Å². The van der Waals surface area contributed by atoms with Gasteiger partial charge in [0.05, 0.1) is 17.4 Å². The second kappa shape index (κ2) is 7.95. The van der Waals surface area contributed by atoms with Gasteiger partial charge in [-0.15, -0.1) is 0 Å². The molecule has 2 N–H and O–H groups in total. The summed E-state index contributed by atoms with van der Waals surface area (Å²) in [6, 6.07) is 10.3. The molecule has 4 heterocycles. The number of hydrogen-bond acceptors (Lipinski definition) is 6. The molecule has 0 atom stereocenters. The van der Waals surface area contributed by atoms with Gasteiger partial charge in [0, 0.05) is 42.0 Å². The molecule has 4 aromatic rings. The third-order valence-corrected chi connectivity index (χ3v) is 8.13. The molecule has 0 bridgehead atoms. The Balaban J connectivity index is 1.32. The Morgan fingerprint density at radius 3 is 2.76 bits per heavy atom. The van der Waals surface area contributed by atoms with E-state index in [0.717, 1.165) is 55.8 Å². The molecular formula is C28H30FN7O. The fourth-order valence-corrected chi connectivity index (χ4v) is 5.62. The van der Waals surface area contributed by atoms with Gasteiger partial charge >= 0.3 is 0 Å². The standard InChI is InChI=1S/C28H30FN7O/c1-27(2)16-30-13-17-11-18(3-6-22(17)27)33-26-32-14-21-24(34-26)35(36(25(21)37)19-4-5-19)20-7-10-31-23(12-20)28(15-29)8-9-28/h3,6-7,10-12,14,19,30H,4-5,8-9,13,15-16H2,1-2H3,(H,32,33,34). The van der Waals surface area contributed by atoms with Crippen LogP contribution < -0.4 is 16.2 Å². The normalized spacial score (nSPS) is 19.5. The minimum absolute atomic E-state index is 0.0773. The number of anilines is 2. The summed E-state index contributed by atoms with van der Waals surface area (Å²) in [5.74, 6) is 0.425. The molecule has 190 valence electrons. The molecule has 3 aromatic heterocycles. The molecule has 2 saturated carbocycles. The number of benzene rings is 1. The van der Waals surface area contributed by atoms with E-state index in [4.69, 9.17) is 4.98 Å². The molecule has 0 radical (unpaired) electrons. The zero-order chi connectivity index (χ0) is 25.4. The fraction of sp³-hybridized carbons (Fsp3) is 0.429. The van der Waals surface area contributed by atoms with Crippen molar-refractivity contribution in [2.75, 3.05) is 18.5 Å². The van der Waals surface area contributed by atoms with Crippen molar-refractivity contribution in [3.8, 4) is 5.69 Å². The summed E-state index contributed by atoms with van der Waals surface area (Å²) in [6.07, 6.45) is 6.80. The fourth-order valence-electron chi connectivity index (χ4n) is 5.62. The Morgan fingerprint density at radius 1 is 1.16 bits per heavy atom. The van der Waals surface area contributed by atoms with Crippen LogP contribution in [-0.2, 0) is 17.4 Å². The van der Waals surface area contributed by atoms with Crippen LogP contribution in [0.4, 0.5) is 16.0 Å². The zero-order valence-electron chi connectivity index (χ0n) is 21.1. The smallest absolute Gasteiger partial charge is 0.278 e. The summed E-state index contributed by atoms with van der Waals surface area (Å²) < 4.78 is 17.5. The molecule has 7 rings (SSSR count). The first-order chi connectivity index (χ1) is 17.9. The number of nitrogens with zero attached hydrogens (tertiary/aromatic N) is 5. The Kier molecular flexibility index (Phi) is 4.86. The van der Waals surface area contributed by atoms with E-state index in [9.17, 15) is 9.18 Å². The van der Waals surface area contributed by atoms with Crippen LogP contribution in [0.3, 0.4) is 0 Å². The molecule has 0 unspecified atom stereocenters. The highest BCUT2D eigenvalue weighted by atomic mass is 19.1. The van der Waals surface area contributed by atoms with Crippen LogP contribution >= 0.6 is 0 Å². The van der Waals surface area contributed by atoms with Gasteiger partial charge in [0.2, 0.25) is 5.95 Å². The molecule has 1 aromatic carbocycles. The third kappa shape index (κ3) is 3.67. The first kappa shape index (κ1) is 22.6. The number of aromatic nitrogens is 5. The van der Waals surface area contributed by atoms with E-state index in [-0.39, 0.29) is 17.0 Å². The van der Waals surface area contributed by atoms with Crippen LogP contribution in [0, 0.1) is 0 Å². The quantitative estimate of drug-likeness (QED) is 0.408. The molecule has 3 aliphatic rings. The number of fused-ring (bicyclic) bond motifs is 2. The minimum Gasteiger partial charge on any atom is -0.324 e. The van der Waals surface area contributed by atoms with Crippen molar-refractivity contribution in [2.45, 2.75) is 62.9 Å². The lowest BCUT2D eigenvalue weighted by atomic mass is 9.79. The summed E-state index contributed by atoms with van der Waals surface area (Å²) in [7, 11) is 0. The molecule has 9 heteroatoms. The predicted molar refractivity (Wildman–Crippen MR) is 141 cm³/mol. The number of nitrogens with one attached hydrogen (secondary N) is 2. The van der Waals surface area contributed by atoms with Crippen LogP contribution in [0.15, 0.2) is 47.5 Å². The highest BCUT2D eigenvalue weighted by Gasteiger charge is 2.46. The predicted octanol–water partition coefficient (Wildman–Crippen LogP) is 4.44. The van der Waals surface area contributed by atoms with Crippen molar-refractivity contribution >= 4 is 22.7 Å². The number of hydrogen-bond donors (Lipinski definition) is 2. The second-order valence-corrected chi connectivity index (χ2v) is 11.4. The summed E-state index contributed by atoms with van der Waals surface area (Å²) >= 11 is 0. The Morgan fingerprint density at radius 2 is 2.00 bits per heavy atom. The molecule has 0 spiro atoms. The van der Waals surface area contributed by atoms with E-state index in [1.54, 1.807) is 17.1 Å². The maximum Gasteiger partial charge on any atom is 0.278 e. The summed E-state index contributed by atoms with van der Waals surface area (Å²) in [6.45, 7) is 5.84. The Bertz CT molecular complexity index is 1600. The first-order valence-electron chi connectivity index (χ1n) is 13.0. The number of rotatable bonds is 6. The Hall–Kier alpha value is -3.59. The largest absolute Gasteiger partial charge is 0.324 e. The average molecular weight is 500 g/mol. The molecule has 37 heavy (non-hydrogen) atoms. The summed E-state index contributed by atoms with van der Waals surface area (Å²) in [5, 5.41) is 7.31. The van der Waals surface area contributed by atoms with Gasteiger partial charge in [-0.2, -0.15) is 4.98 Å². The molecule has 0 saturated heterocycles. The summed E-state index contributed by atoms with van der Waals surface area (Å²) in [5.41, 5.74) is 5.04. The lowest BCUT2D eigenvalue weighted by molar-refractivity contribution is 0.412. The van der Waals surface area contributed by atoms with Gasteiger partial charge in [0.1, 0.15) is 12.1 Å². The van der Waals surface area contributed by atoms with Crippen molar-refractivity contribution in [2.24, 2.45) is 0 Å². The molecule has 2 aliphatic carbocycles. The summed E-state index contributed by atoms with van der Waals surface area (Å²) in [4.78, 5) is 27.2. The van der Waals surface area contributed by atoms with Crippen LogP contribution in [-0.4, -0.2) is 37.5 Å². The van der Waals surface area contributed by atoms with Crippen molar-refractivity contribution in [3.05, 3.63) is 69.9 Å². The molecule has 0 amide bonds. The monoisotopic (exact) mass is 499 g/mol. The van der Waals surface area contributed by atoms with E-state index in [2.05, 4.69) is 52.6 Å². The van der Waals surface area contributed by atoms with Crippen molar-refractivity contribution in [3.63, 3.8) is 0 Å². The van der Waals surface area contributed by atoms with Gasteiger partial charge in [-0.3, -0.25) is 14.2 Å². The highest BCUT2D eigenvalue weighted by molar-refractivity contribution is 5.77. The van der Waals surface area contributed by atoms with Crippen LogP contribution in [0.2, 0.25) is 0 Å². The van der Waals surface area contributed by atoms with Crippen molar-refractivity contribution in [1.29, 1.82) is 0 Å². The molecule has 2 fully saturated rings. The first-order valence-corrected chi connectivity index (χ1v) is 13.0. The third-order valence-electron chi connectivity index (χ3n) is 8.13. The average Bonchev–Trinajstić information content (AvgIpc) is 3.82. The lowest BCUT2D eigenvalue weighted by Gasteiger charge is -2.33. The zero-order valence-corrected chi connectivity index (χ0v) is 21.1. The van der Waals surface area contributed by atoms with Gasteiger partial charge in [0.15, 0.2) is 5.65 Å². The van der Waals surface area contributed by atoms with Gasteiger partial charge in [-0.25, -0.2) is 14.3 Å². The van der Waals surface area contributed by atoms with Crippen molar-refractivity contribution in [1.82, 2.24) is 29.6 Å². The van der Waals surface area contributed by atoms with Gasteiger partial charge in [-0.1, -0.05) is 19.9 Å². The molecular weight excluding hydrogens is 469 g/mol. The van der Waals surface area contributed by atoms with E-state index < -0.39 is 12.1 Å². The van der Waals surface area contributed by atoms with E-state index in [0.29, 0.717) is 17.0 Å². The number of halogens is 1. The van der Waals surface area contributed by atoms with E-state index in [1.807, 2.05) is 16.8 Å². The Labute approximate surface area is 213 Å². The van der Waals surface area contributed by atoms with Crippen LogP contribution in [0.5, 0.6) is 0 Å². The lowest BCUT2D eigenvalue weighted by Crippen LogP contribution is -2.38. The van der Waals surface area contributed by atoms with Crippen molar-refractivity contribution < 1.29 is 4.39 Å². The molecule has 1 aliphatic heterocycles. The van der Waals surface area contributed by atoms with E-state index >= 15 is 0 Å².